The predicted octanol–water partition coefficient (Wildman–Crippen LogP) is 30.7. The van der Waals surface area contributed by atoms with Gasteiger partial charge in [0.2, 0.25) is 0 Å². The minimum Gasteiger partial charge on any atom is -0.309 e. The van der Waals surface area contributed by atoms with Gasteiger partial charge in [-0.3, -0.25) is 4.98 Å². The maximum atomic E-state index is 10.1. The number of para-hydroxylation sites is 4. The number of rotatable bonds is 14. The van der Waals surface area contributed by atoms with Crippen molar-refractivity contribution < 1.29 is 0 Å². The molecule has 0 amide bonds. The van der Waals surface area contributed by atoms with E-state index in [1.165, 1.54) is 87.6 Å². The number of fused-ring (bicyclic) bond motifs is 12. The van der Waals surface area contributed by atoms with Crippen molar-refractivity contribution in [2.45, 2.75) is 0 Å². The first kappa shape index (κ1) is 78.2. The number of pyridine rings is 2. The van der Waals surface area contributed by atoms with Crippen molar-refractivity contribution in [3.8, 4) is 159 Å². The van der Waals surface area contributed by atoms with Crippen molar-refractivity contribution in [3.05, 3.63) is 471 Å². The minimum atomic E-state index is 0.333. The molecule has 0 unspecified atom stereocenters. The lowest BCUT2D eigenvalue weighted by molar-refractivity contribution is 1.18. The van der Waals surface area contributed by atoms with Crippen LogP contribution >= 0.6 is 0 Å². The van der Waals surface area contributed by atoms with Crippen LogP contribution in [0.5, 0.6) is 0 Å². The van der Waals surface area contributed by atoms with Gasteiger partial charge in [-0.15, -0.1) is 0 Å². The maximum Gasteiger partial charge on any atom is 0.101 e. The summed E-state index contributed by atoms with van der Waals surface area (Å²) in [7, 11) is 0. The summed E-state index contributed by atoms with van der Waals surface area (Å²) in [5.41, 5.74) is 34.9. The van der Waals surface area contributed by atoms with E-state index in [4.69, 9.17) is 9.97 Å². The van der Waals surface area contributed by atoms with Crippen LogP contribution in [0.1, 0.15) is 22.3 Å². The van der Waals surface area contributed by atoms with Crippen LogP contribution < -0.4 is 0 Å². The highest BCUT2D eigenvalue weighted by molar-refractivity contribution is 6.15. The average Bonchev–Trinajstić information content (AvgIpc) is 1.66. The molecule has 18 aromatic carbocycles. The molecule has 6 aromatic heterocycles. The SMILES string of the molecule is N#Cc1ccc(-c2c(-c3ccc(-n4c5ccccc5c5ccccc54)cc3)cncc2-c2ccc(-n3c4ccccc4c4ccccc43)cc2)cc1C#N.N#Cc1ccc(-c2cc(-c3ccc(-n4c5ccc(-c6ccccc6)cc5c5cc(-c6ccccc6)ccc54)cc3)nc(-c3ccc(-n4c5ccc(-c6ccccc6)cc5c5cc(-c6ccccc6)ccc54)cc3)c2)cc1C#N. The smallest absolute Gasteiger partial charge is 0.101 e. The minimum absolute atomic E-state index is 0.333. The molecule has 0 aliphatic heterocycles. The molecular formula is C122H74N10. The number of hydrogen-bond acceptors (Lipinski definition) is 6. The number of nitriles is 4. The Hall–Kier alpha value is -18.6. The van der Waals surface area contributed by atoms with Crippen molar-refractivity contribution in [2.24, 2.45) is 0 Å². The molecule has 0 saturated carbocycles. The quantitative estimate of drug-likeness (QED) is 0.106. The molecule has 0 aliphatic carbocycles. The van der Waals surface area contributed by atoms with E-state index >= 15 is 0 Å². The van der Waals surface area contributed by atoms with Crippen LogP contribution in [-0.4, -0.2) is 28.2 Å². The summed E-state index contributed by atoms with van der Waals surface area (Å²) in [5, 5.41) is 49.3. The van der Waals surface area contributed by atoms with Gasteiger partial charge < -0.3 is 18.3 Å². The second-order valence-corrected chi connectivity index (χ2v) is 33.2. The van der Waals surface area contributed by atoms with E-state index in [0.717, 1.165) is 134 Å². The summed E-state index contributed by atoms with van der Waals surface area (Å²) in [4.78, 5) is 10.2. The number of nitrogens with zero attached hydrogens (tertiary/aromatic N) is 10. The third kappa shape index (κ3) is 13.8. The number of benzene rings is 18. The molecule has 612 valence electrons. The molecular weight excluding hydrogens is 1610 g/mol. The van der Waals surface area contributed by atoms with E-state index in [1.807, 2.05) is 30.6 Å². The molecule has 24 rings (SSSR count). The monoisotopic (exact) mass is 1680 g/mol. The first-order valence-corrected chi connectivity index (χ1v) is 43.9. The zero-order valence-electron chi connectivity index (χ0n) is 71.2. The fourth-order valence-corrected chi connectivity index (χ4v) is 19.4. The van der Waals surface area contributed by atoms with Crippen LogP contribution in [0.25, 0.3) is 222 Å². The molecule has 10 heteroatoms. The highest BCUT2D eigenvalue weighted by Gasteiger charge is 2.24. The van der Waals surface area contributed by atoms with Crippen LogP contribution in [0.15, 0.2) is 449 Å². The van der Waals surface area contributed by atoms with E-state index in [9.17, 15) is 21.0 Å². The molecule has 132 heavy (non-hydrogen) atoms. The van der Waals surface area contributed by atoms with Crippen molar-refractivity contribution in [1.82, 2.24) is 28.2 Å². The molecule has 6 heterocycles. The van der Waals surface area contributed by atoms with Gasteiger partial charge in [-0.2, -0.15) is 21.0 Å². The fourth-order valence-electron chi connectivity index (χ4n) is 19.4. The summed E-state index contributed by atoms with van der Waals surface area (Å²) in [6.45, 7) is 0. The largest absolute Gasteiger partial charge is 0.309 e. The van der Waals surface area contributed by atoms with Gasteiger partial charge in [-0.05, 0) is 230 Å². The van der Waals surface area contributed by atoms with Gasteiger partial charge in [0.25, 0.3) is 0 Å². The molecule has 10 nitrogen and oxygen atoms in total. The van der Waals surface area contributed by atoms with E-state index in [-0.39, 0.29) is 0 Å². The van der Waals surface area contributed by atoms with Crippen molar-refractivity contribution in [2.75, 3.05) is 0 Å². The van der Waals surface area contributed by atoms with Crippen LogP contribution in [0, 0.1) is 45.3 Å². The first-order chi connectivity index (χ1) is 65.3. The summed E-state index contributed by atoms with van der Waals surface area (Å²) in [6, 6.07) is 162. The van der Waals surface area contributed by atoms with E-state index in [0.29, 0.717) is 22.3 Å². The van der Waals surface area contributed by atoms with E-state index < -0.39 is 0 Å². The van der Waals surface area contributed by atoms with Crippen molar-refractivity contribution in [1.29, 1.82) is 21.0 Å². The zero-order chi connectivity index (χ0) is 88.3. The van der Waals surface area contributed by atoms with Gasteiger partial charge in [0.15, 0.2) is 0 Å². The fraction of sp³-hybridized carbons (Fsp3) is 0. The Labute approximate surface area is 761 Å². The lowest BCUT2D eigenvalue weighted by atomic mass is 9.88. The Morgan fingerprint density at radius 1 is 0.174 bits per heavy atom. The summed E-state index contributed by atoms with van der Waals surface area (Å²) < 4.78 is 9.33. The summed E-state index contributed by atoms with van der Waals surface area (Å²) >= 11 is 0. The molecule has 0 spiro atoms. The van der Waals surface area contributed by atoms with E-state index in [1.54, 1.807) is 18.2 Å². The Bertz CT molecular complexity index is 8150. The van der Waals surface area contributed by atoms with Crippen LogP contribution in [0.4, 0.5) is 0 Å². The average molecular weight is 1680 g/mol. The molecule has 0 bridgehead atoms. The third-order valence-electron chi connectivity index (χ3n) is 25.7. The second-order valence-electron chi connectivity index (χ2n) is 33.2. The summed E-state index contributed by atoms with van der Waals surface area (Å²) in [6.07, 6.45) is 3.79. The topological polar surface area (TPSA) is 141 Å². The van der Waals surface area contributed by atoms with Gasteiger partial charge in [0.1, 0.15) is 24.3 Å². The van der Waals surface area contributed by atoms with Crippen LogP contribution in [-0.2, 0) is 0 Å². The lowest BCUT2D eigenvalue weighted by Gasteiger charge is -2.17. The highest BCUT2D eigenvalue weighted by Crippen LogP contribution is 2.46. The van der Waals surface area contributed by atoms with E-state index in [2.05, 4.69) is 443 Å². The highest BCUT2D eigenvalue weighted by atomic mass is 15.0. The Balaban J connectivity index is 0.000000160. The second kappa shape index (κ2) is 33.1. The number of hydrogen-bond donors (Lipinski definition) is 0. The normalized spacial score (nSPS) is 11.3. The zero-order valence-corrected chi connectivity index (χ0v) is 71.2. The molecule has 0 aliphatic rings. The number of aromatic nitrogens is 6. The van der Waals surface area contributed by atoms with Gasteiger partial charge in [0, 0.05) is 106 Å². The van der Waals surface area contributed by atoms with Gasteiger partial charge in [0.05, 0.1) is 77.8 Å². The van der Waals surface area contributed by atoms with Gasteiger partial charge in [-0.25, -0.2) is 4.98 Å². The Kier molecular flexibility index (Phi) is 19.6. The van der Waals surface area contributed by atoms with Gasteiger partial charge in [-0.1, -0.05) is 279 Å². The molecule has 0 radical (unpaired) electrons. The summed E-state index contributed by atoms with van der Waals surface area (Å²) in [5.74, 6) is 0. The van der Waals surface area contributed by atoms with Crippen LogP contribution in [0.3, 0.4) is 0 Å². The molecule has 0 saturated heterocycles. The third-order valence-corrected chi connectivity index (χ3v) is 25.7. The van der Waals surface area contributed by atoms with Crippen molar-refractivity contribution in [3.63, 3.8) is 0 Å². The maximum absolute atomic E-state index is 10.1. The molecule has 0 atom stereocenters. The predicted molar refractivity (Wildman–Crippen MR) is 539 cm³/mol. The van der Waals surface area contributed by atoms with Crippen LogP contribution in [0.2, 0.25) is 0 Å². The van der Waals surface area contributed by atoms with Gasteiger partial charge >= 0.3 is 0 Å². The lowest BCUT2D eigenvalue weighted by Crippen LogP contribution is -1.97. The Morgan fingerprint density at radius 3 is 0.720 bits per heavy atom. The molecule has 24 aromatic rings. The Morgan fingerprint density at radius 2 is 0.417 bits per heavy atom. The molecule has 0 fully saturated rings. The first-order valence-electron chi connectivity index (χ1n) is 43.9. The standard InChI is InChI=1S/C73H45N5.C49H29N5/c74-46-59-22-21-54(39-61(59)47-75)60-44-68(52-23-31-62(32-24-52)77-70-35-27-55(48-13-5-1-6-14-48)40-64(70)65-41-56(28-36-71(65)77)49-15-7-2-8-16-49)76-69(45-60)53-25-33-63(34-26-53)78-72-37-29-57(50-17-9-3-10-18-50)42-66(72)67-43-58(30-38-73(67)78)51-19-11-4-12-20-51;50-28-35-18-17-34(27-36(35)29-51)49-43(32-19-23-37(24-20-32)53-45-13-5-1-9-39(45)40-10-2-6-14-46(40)53)30-52-31-44(49)33-21-25-38(26-22-33)54-47-15-7-3-11-41(47)42-12-4-8-16-48(42)54/h1-45H;1-27,30-31H. The molecule has 0 N–H and O–H groups in total. The van der Waals surface area contributed by atoms with Crippen molar-refractivity contribution >= 4 is 87.2 Å².